The van der Waals surface area contributed by atoms with Gasteiger partial charge >= 0.3 is 6.09 Å². The molecule has 0 aliphatic rings. The number of carbonyl (C=O) groups excluding carboxylic acids is 1. The largest absolute Gasteiger partial charge is 0.445 e. The predicted octanol–water partition coefficient (Wildman–Crippen LogP) is 2.71. The minimum absolute atomic E-state index is 0.254. The fourth-order valence-corrected chi connectivity index (χ4v) is 1.62. The van der Waals surface area contributed by atoms with Crippen LogP contribution in [-0.2, 0) is 11.3 Å². The molecule has 0 saturated carbocycles. The lowest BCUT2D eigenvalue weighted by atomic mass is 9.82. The van der Waals surface area contributed by atoms with Crippen molar-refractivity contribution in [3.8, 4) is 0 Å². The lowest BCUT2D eigenvalue weighted by molar-refractivity contribution is 0.0471. The fraction of sp³-hybridized carbons (Fsp3) is 0.533. The Labute approximate surface area is 114 Å². The highest BCUT2D eigenvalue weighted by molar-refractivity contribution is 5.67. The highest BCUT2D eigenvalue weighted by atomic mass is 16.5. The zero-order valence-corrected chi connectivity index (χ0v) is 11.8. The Hall–Kier alpha value is -1.55. The summed E-state index contributed by atoms with van der Waals surface area (Å²) in [6.07, 6.45) is -0.153. The van der Waals surface area contributed by atoms with Crippen LogP contribution in [0.25, 0.3) is 0 Å². The molecule has 19 heavy (non-hydrogen) atoms. The maximum atomic E-state index is 11.6. The molecule has 0 aliphatic heterocycles. The molecule has 0 spiro atoms. The lowest BCUT2D eigenvalue weighted by Crippen LogP contribution is -2.42. The predicted molar refractivity (Wildman–Crippen MR) is 74.7 cm³/mol. The standard InChI is InChI=1S/C15H23NO3/c1-4-15(3,12(2)17)11-16-14(18)19-10-13-8-6-5-7-9-13/h5-9,12,17H,4,10-11H2,1-3H3,(H,16,18). The average molecular weight is 265 g/mol. The molecule has 4 heteroatoms. The monoisotopic (exact) mass is 265 g/mol. The van der Waals surface area contributed by atoms with Crippen molar-refractivity contribution in [2.75, 3.05) is 6.54 Å². The van der Waals surface area contributed by atoms with E-state index in [9.17, 15) is 9.90 Å². The van der Waals surface area contributed by atoms with Crippen molar-refractivity contribution in [2.24, 2.45) is 5.41 Å². The first kappa shape index (κ1) is 15.5. The van der Waals surface area contributed by atoms with Gasteiger partial charge in [0.15, 0.2) is 0 Å². The van der Waals surface area contributed by atoms with E-state index in [1.54, 1.807) is 6.92 Å². The van der Waals surface area contributed by atoms with Gasteiger partial charge in [0.25, 0.3) is 0 Å². The van der Waals surface area contributed by atoms with Gasteiger partial charge in [0.2, 0.25) is 0 Å². The van der Waals surface area contributed by atoms with Crippen molar-refractivity contribution in [1.29, 1.82) is 0 Å². The third-order valence-electron chi connectivity index (χ3n) is 3.67. The van der Waals surface area contributed by atoms with Crippen LogP contribution in [0, 0.1) is 5.41 Å². The van der Waals surface area contributed by atoms with Crippen molar-refractivity contribution in [1.82, 2.24) is 5.32 Å². The van der Waals surface area contributed by atoms with E-state index in [0.717, 1.165) is 12.0 Å². The van der Waals surface area contributed by atoms with E-state index >= 15 is 0 Å². The molecule has 1 rings (SSSR count). The highest BCUT2D eigenvalue weighted by Gasteiger charge is 2.28. The van der Waals surface area contributed by atoms with E-state index in [-0.39, 0.29) is 12.0 Å². The number of carbonyl (C=O) groups is 1. The number of rotatable bonds is 6. The SMILES string of the molecule is CCC(C)(CNC(=O)OCc1ccccc1)C(C)O. The minimum atomic E-state index is -0.480. The second-order valence-electron chi connectivity index (χ2n) is 5.10. The van der Waals surface area contributed by atoms with Crippen molar-refractivity contribution >= 4 is 6.09 Å². The van der Waals surface area contributed by atoms with Gasteiger partial charge in [-0.3, -0.25) is 0 Å². The van der Waals surface area contributed by atoms with Crippen LogP contribution in [0.1, 0.15) is 32.8 Å². The molecular formula is C15H23NO3. The summed E-state index contributed by atoms with van der Waals surface area (Å²) in [6, 6.07) is 9.52. The van der Waals surface area contributed by atoms with Gasteiger partial charge in [0.05, 0.1) is 6.10 Å². The van der Waals surface area contributed by atoms with Crippen LogP contribution in [-0.4, -0.2) is 23.8 Å². The van der Waals surface area contributed by atoms with Crippen LogP contribution in [0.15, 0.2) is 30.3 Å². The van der Waals surface area contributed by atoms with Gasteiger partial charge in [-0.1, -0.05) is 44.2 Å². The van der Waals surface area contributed by atoms with Crippen LogP contribution in [0.3, 0.4) is 0 Å². The van der Waals surface area contributed by atoms with E-state index in [1.807, 2.05) is 44.2 Å². The Morgan fingerprint density at radius 3 is 2.58 bits per heavy atom. The van der Waals surface area contributed by atoms with Gasteiger partial charge in [-0.25, -0.2) is 4.79 Å². The number of ether oxygens (including phenoxy) is 1. The van der Waals surface area contributed by atoms with Gasteiger partial charge in [-0.15, -0.1) is 0 Å². The van der Waals surface area contributed by atoms with Crippen molar-refractivity contribution < 1.29 is 14.6 Å². The number of alkyl carbamates (subject to hydrolysis) is 1. The van der Waals surface area contributed by atoms with Gasteiger partial charge in [-0.2, -0.15) is 0 Å². The van der Waals surface area contributed by atoms with Crippen LogP contribution in [0.5, 0.6) is 0 Å². The molecule has 0 aromatic heterocycles. The van der Waals surface area contributed by atoms with Gasteiger partial charge < -0.3 is 15.2 Å². The highest BCUT2D eigenvalue weighted by Crippen LogP contribution is 2.24. The summed E-state index contributed by atoms with van der Waals surface area (Å²) in [6.45, 7) is 6.32. The Balaban J connectivity index is 2.36. The van der Waals surface area contributed by atoms with Crippen LogP contribution >= 0.6 is 0 Å². The molecule has 0 heterocycles. The van der Waals surface area contributed by atoms with E-state index in [0.29, 0.717) is 6.54 Å². The maximum Gasteiger partial charge on any atom is 0.407 e. The summed E-state index contributed by atoms with van der Waals surface area (Å²) in [7, 11) is 0. The summed E-state index contributed by atoms with van der Waals surface area (Å²) in [5, 5.41) is 12.4. The number of nitrogens with one attached hydrogen (secondary N) is 1. The third kappa shape index (κ3) is 4.91. The topological polar surface area (TPSA) is 58.6 Å². The summed E-state index contributed by atoms with van der Waals surface area (Å²) < 4.78 is 5.12. The summed E-state index contributed by atoms with van der Waals surface area (Å²) >= 11 is 0. The molecule has 0 radical (unpaired) electrons. The number of hydrogen-bond acceptors (Lipinski definition) is 3. The number of aliphatic hydroxyl groups excluding tert-OH is 1. The average Bonchev–Trinajstić information content (AvgIpc) is 2.43. The van der Waals surface area contributed by atoms with E-state index in [2.05, 4.69) is 5.32 Å². The first-order chi connectivity index (χ1) is 8.98. The van der Waals surface area contributed by atoms with Crippen molar-refractivity contribution in [2.45, 2.75) is 39.9 Å². The zero-order valence-electron chi connectivity index (χ0n) is 11.8. The zero-order chi connectivity index (χ0) is 14.3. The molecule has 0 aliphatic carbocycles. The van der Waals surface area contributed by atoms with Crippen LogP contribution in [0.2, 0.25) is 0 Å². The number of hydrogen-bond donors (Lipinski definition) is 2. The second kappa shape index (κ2) is 7.14. The lowest BCUT2D eigenvalue weighted by Gasteiger charge is -2.31. The van der Waals surface area contributed by atoms with E-state index < -0.39 is 12.2 Å². The Bertz CT molecular complexity index is 392. The Morgan fingerprint density at radius 2 is 2.05 bits per heavy atom. The van der Waals surface area contributed by atoms with Gasteiger partial charge in [0, 0.05) is 12.0 Å². The molecule has 0 fully saturated rings. The van der Waals surface area contributed by atoms with Crippen molar-refractivity contribution in [3.05, 3.63) is 35.9 Å². The van der Waals surface area contributed by atoms with E-state index in [1.165, 1.54) is 0 Å². The smallest absolute Gasteiger partial charge is 0.407 e. The summed E-state index contributed by atoms with van der Waals surface area (Å²) in [4.78, 5) is 11.6. The fourth-order valence-electron chi connectivity index (χ4n) is 1.62. The molecular weight excluding hydrogens is 242 g/mol. The molecule has 2 atom stereocenters. The first-order valence-electron chi connectivity index (χ1n) is 6.60. The molecule has 0 saturated heterocycles. The van der Waals surface area contributed by atoms with Gasteiger partial charge in [-0.05, 0) is 18.9 Å². The third-order valence-corrected chi connectivity index (χ3v) is 3.67. The van der Waals surface area contributed by atoms with E-state index in [4.69, 9.17) is 4.74 Å². The van der Waals surface area contributed by atoms with Crippen LogP contribution in [0.4, 0.5) is 4.79 Å². The summed E-state index contributed by atoms with van der Waals surface area (Å²) in [5.74, 6) is 0. The quantitative estimate of drug-likeness (QED) is 0.831. The molecule has 0 bridgehead atoms. The van der Waals surface area contributed by atoms with Crippen LogP contribution < -0.4 is 5.32 Å². The Kier molecular flexibility index (Phi) is 5.83. The molecule has 4 nitrogen and oxygen atoms in total. The first-order valence-corrected chi connectivity index (χ1v) is 6.60. The molecule has 106 valence electrons. The maximum absolute atomic E-state index is 11.6. The van der Waals surface area contributed by atoms with Gasteiger partial charge in [0.1, 0.15) is 6.61 Å². The minimum Gasteiger partial charge on any atom is -0.445 e. The molecule has 2 N–H and O–H groups in total. The Morgan fingerprint density at radius 1 is 1.42 bits per heavy atom. The molecule has 1 amide bonds. The second-order valence-corrected chi connectivity index (χ2v) is 5.10. The molecule has 2 unspecified atom stereocenters. The molecule has 1 aromatic rings. The summed E-state index contributed by atoms with van der Waals surface area (Å²) in [5.41, 5.74) is 0.623. The molecule has 1 aromatic carbocycles. The number of benzene rings is 1. The number of amides is 1. The van der Waals surface area contributed by atoms with Crippen molar-refractivity contribution in [3.63, 3.8) is 0 Å². The number of aliphatic hydroxyl groups is 1. The normalized spacial score (nSPS) is 15.4.